The lowest BCUT2D eigenvalue weighted by atomic mass is 10.2. The summed E-state index contributed by atoms with van der Waals surface area (Å²) in [6.45, 7) is 5.76. The van der Waals surface area contributed by atoms with Crippen LogP contribution in [-0.2, 0) is 4.74 Å². The maximum absolute atomic E-state index is 5.74. The number of aromatic nitrogens is 2. The smallest absolute Gasteiger partial charge is 0.225 e. The Labute approximate surface area is 94.2 Å². The quantitative estimate of drug-likeness (QED) is 0.733. The number of hydrogen-bond acceptors (Lipinski definition) is 4. The number of ether oxygens (including phenoxy) is 1. The highest BCUT2D eigenvalue weighted by Gasteiger charge is 2.23. The van der Waals surface area contributed by atoms with Gasteiger partial charge in [0.2, 0.25) is 5.95 Å². The average molecular weight is 228 g/mol. The molecule has 2 atom stereocenters. The van der Waals surface area contributed by atoms with Crippen molar-refractivity contribution in [3.05, 3.63) is 17.4 Å². The maximum Gasteiger partial charge on any atom is 0.225 e. The monoisotopic (exact) mass is 227 g/mol. The summed E-state index contributed by atoms with van der Waals surface area (Å²) in [5, 5.41) is 0.563. The van der Waals surface area contributed by atoms with Gasteiger partial charge in [-0.15, -0.1) is 0 Å². The minimum atomic E-state index is 0.216. The van der Waals surface area contributed by atoms with E-state index in [1.54, 1.807) is 12.4 Å². The van der Waals surface area contributed by atoms with Crippen molar-refractivity contribution in [2.45, 2.75) is 26.1 Å². The van der Waals surface area contributed by atoms with Gasteiger partial charge in [-0.25, -0.2) is 9.97 Å². The van der Waals surface area contributed by atoms with Gasteiger partial charge in [0.25, 0.3) is 0 Å². The molecule has 82 valence electrons. The van der Waals surface area contributed by atoms with Crippen LogP contribution < -0.4 is 4.90 Å². The van der Waals surface area contributed by atoms with Crippen molar-refractivity contribution in [2.75, 3.05) is 18.0 Å². The Balaban J connectivity index is 2.12. The van der Waals surface area contributed by atoms with Crippen LogP contribution in [0.3, 0.4) is 0 Å². The van der Waals surface area contributed by atoms with Gasteiger partial charge in [-0.1, -0.05) is 11.6 Å². The molecule has 0 radical (unpaired) electrons. The standard InChI is InChI=1S/C10H14ClN3O/c1-7-5-14(6-8(2)15-7)10-12-3-9(11)4-13-10/h3-4,7-8H,5-6H2,1-2H3/t7-,8-/m0/s1. The molecular weight excluding hydrogens is 214 g/mol. The van der Waals surface area contributed by atoms with E-state index in [1.165, 1.54) is 0 Å². The molecule has 15 heavy (non-hydrogen) atoms. The molecule has 1 aromatic heterocycles. The summed E-state index contributed by atoms with van der Waals surface area (Å²) >= 11 is 5.74. The third-order valence-electron chi connectivity index (χ3n) is 2.31. The molecular formula is C10H14ClN3O. The van der Waals surface area contributed by atoms with Crippen molar-refractivity contribution in [1.29, 1.82) is 0 Å². The highest BCUT2D eigenvalue weighted by molar-refractivity contribution is 6.30. The van der Waals surface area contributed by atoms with Crippen molar-refractivity contribution in [1.82, 2.24) is 9.97 Å². The predicted octanol–water partition coefficient (Wildman–Crippen LogP) is 1.74. The summed E-state index contributed by atoms with van der Waals surface area (Å²) in [4.78, 5) is 10.5. The van der Waals surface area contributed by atoms with Gasteiger partial charge in [-0.05, 0) is 13.8 Å². The van der Waals surface area contributed by atoms with Gasteiger partial charge in [0.1, 0.15) is 0 Å². The van der Waals surface area contributed by atoms with Crippen molar-refractivity contribution >= 4 is 17.5 Å². The van der Waals surface area contributed by atoms with E-state index < -0.39 is 0 Å². The lowest BCUT2D eigenvalue weighted by Gasteiger charge is -2.35. The second-order valence-corrected chi connectivity index (χ2v) is 4.30. The Kier molecular flexibility index (Phi) is 3.07. The first-order valence-electron chi connectivity index (χ1n) is 5.03. The van der Waals surface area contributed by atoms with Crippen LogP contribution in [0.4, 0.5) is 5.95 Å². The molecule has 1 saturated heterocycles. The topological polar surface area (TPSA) is 38.2 Å². The molecule has 0 N–H and O–H groups in total. The molecule has 4 nitrogen and oxygen atoms in total. The second kappa shape index (κ2) is 4.33. The molecule has 0 spiro atoms. The number of nitrogens with zero attached hydrogens (tertiary/aromatic N) is 3. The van der Waals surface area contributed by atoms with E-state index in [4.69, 9.17) is 16.3 Å². The zero-order chi connectivity index (χ0) is 10.8. The summed E-state index contributed by atoms with van der Waals surface area (Å²) in [5.74, 6) is 0.724. The van der Waals surface area contributed by atoms with E-state index in [9.17, 15) is 0 Å². The normalized spacial score (nSPS) is 26.7. The Morgan fingerprint density at radius 1 is 1.27 bits per heavy atom. The first kappa shape index (κ1) is 10.6. The number of morpholine rings is 1. The second-order valence-electron chi connectivity index (χ2n) is 3.86. The lowest BCUT2D eigenvalue weighted by Crippen LogP contribution is -2.46. The number of halogens is 1. The number of hydrogen-bond donors (Lipinski definition) is 0. The minimum Gasteiger partial charge on any atom is -0.372 e. The van der Waals surface area contributed by atoms with Crippen LogP contribution >= 0.6 is 11.6 Å². The summed E-state index contributed by atoms with van der Waals surface area (Å²) in [5.41, 5.74) is 0. The van der Waals surface area contributed by atoms with Gasteiger partial charge in [0.15, 0.2) is 0 Å². The van der Waals surface area contributed by atoms with Crippen LogP contribution in [0.2, 0.25) is 5.02 Å². The summed E-state index contributed by atoms with van der Waals surface area (Å²) in [6, 6.07) is 0. The van der Waals surface area contributed by atoms with Crippen molar-refractivity contribution in [3.63, 3.8) is 0 Å². The summed E-state index contributed by atoms with van der Waals surface area (Å²) < 4.78 is 5.64. The average Bonchev–Trinajstić information content (AvgIpc) is 2.17. The van der Waals surface area contributed by atoms with E-state index in [1.807, 2.05) is 0 Å². The zero-order valence-corrected chi connectivity index (χ0v) is 9.61. The SMILES string of the molecule is C[C@H]1CN(c2ncc(Cl)cn2)C[C@H](C)O1. The molecule has 2 rings (SSSR count). The third kappa shape index (κ3) is 2.58. The summed E-state index contributed by atoms with van der Waals surface area (Å²) in [7, 11) is 0. The fraction of sp³-hybridized carbons (Fsp3) is 0.600. The lowest BCUT2D eigenvalue weighted by molar-refractivity contribution is -0.00571. The largest absolute Gasteiger partial charge is 0.372 e. The fourth-order valence-electron chi connectivity index (χ4n) is 1.81. The Hall–Kier alpha value is -0.870. The minimum absolute atomic E-state index is 0.216. The van der Waals surface area contributed by atoms with Crippen LogP contribution in [0.15, 0.2) is 12.4 Å². The molecule has 0 unspecified atom stereocenters. The van der Waals surface area contributed by atoms with E-state index in [2.05, 4.69) is 28.7 Å². The zero-order valence-electron chi connectivity index (χ0n) is 8.85. The Morgan fingerprint density at radius 3 is 2.33 bits per heavy atom. The van der Waals surface area contributed by atoms with Crippen LogP contribution in [-0.4, -0.2) is 35.3 Å². The molecule has 0 bridgehead atoms. The third-order valence-corrected chi connectivity index (χ3v) is 2.50. The molecule has 5 heteroatoms. The van der Waals surface area contributed by atoms with Crippen LogP contribution in [0.5, 0.6) is 0 Å². The molecule has 1 aliphatic rings. The van der Waals surface area contributed by atoms with Gasteiger partial charge in [0.05, 0.1) is 29.6 Å². The summed E-state index contributed by atoms with van der Waals surface area (Å²) in [6.07, 6.45) is 3.67. The molecule has 1 aliphatic heterocycles. The maximum atomic E-state index is 5.74. The Morgan fingerprint density at radius 2 is 1.80 bits per heavy atom. The fourth-order valence-corrected chi connectivity index (χ4v) is 1.91. The first-order valence-corrected chi connectivity index (χ1v) is 5.41. The molecule has 0 aliphatic carbocycles. The van der Waals surface area contributed by atoms with Gasteiger partial charge < -0.3 is 9.64 Å². The van der Waals surface area contributed by atoms with Crippen LogP contribution in [0.25, 0.3) is 0 Å². The highest BCUT2D eigenvalue weighted by atomic mass is 35.5. The van der Waals surface area contributed by atoms with Gasteiger partial charge >= 0.3 is 0 Å². The number of rotatable bonds is 1. The van der Waals surface area contributed by atoms with E-state index in [-0.39, 0.29) is 12.2 Å². The van der Waals surface area contributed by atoms with Crippen molar-refractivity contribution < 1.29 is 4.74 Å². The van der Waals surface area contributed by atoms with Gasteiger partial charge in [-0.3, -0.25) is 0 Å². The van der Waals surface area contributed by atoms with E-state index in [0.717, 1.165) is 19.0 Å². The van der Waals surface area contributed by atoms with Crippen molar-refractivity contribution in [3.8, 4) is 0 Å². The first-order chi connectivity index (χ1) is 7.15. The van der Waals surface area contributed by atoms with Crippen LogP contribution in [0.1, 0.15) is 13.8 Å². The predicted molar refractivity (Wildman–Crippen MR) is 59.3 cm³/mol. The molecule has 0 saturated carbocycles. The molecule has 1 fully saturated rings. The van der Waals surface area contributed by atoms with Gasteiger partial charge in [0, 0.05) is 13.1 Å². The number of anilines is 1. The molecule has 2 heterocycles. The van der Waals surface area contributed by atoms with Crippen LogP contribution in [0, 0.1) is 0 Å². The molecule has 1 aromatic rings. The van der Waals surface area contributed by atoms with E-state index >= 15 is 0 Å². The molecule has 0 aromatic carbocycles. The highest BCUT2D eigenvalue weighted by Crippen LogP contribution is 2.16. The Bertz CT molecular complexity index is 320. The van der Waals surface area contributed by atoms with Gasteiger partial charge in [-0.2, -0.15) is 0 Å². The molecule has 0 amide bonds. The van der Waals surface area contributed by atoms with Crippen molar-refractivity contribution in [2.24, 2.45) is 0 Å². The van der Waals surface area contributed by atoms with E-state index in [0.29, 0.717) is 5.02 Å².